The lowest BCUT2D eigenvalue weighted by Gasteiger charge is -2.13. The number of ether oxygens (including phenoxy) is 1. The smallest absolute Gasteiger partial charge is 0.133 e. The van der Waals surface area contributed by atoms with Crippen molar-refractivity contribution in [1.29, 1.82) is 0 Å². The fourth-order valence-electron chi connectivity index (χ4n) is 1.88. The molecule has 0 saturated carbocycles. The maximum atomic E-state index is 13.4. The monoisotopic (exact) mass is 371 g/mol. The molecule has 0 aliphatic heterocycles. The summed E-state index contributed by atoms with van der Waals surface area (Å²) in [4.78, 5) is 0. The van der Waals surface area contributed by atoms with E-state index in [9.17, 15) is 4.39 Å². The fraction of sp³-hybridized carbons (Fsp3) is 0.250. The Morgan fingerprint density at radius 1 is 1.24 bits per heavy atom. The van der Waals surface area contributed by atoms with Gasteiger partial charge in [0.2, 0.25) is 0 Å². The first-order valence-electron chi connectivity index (χ1n) is 6.71. The summed E-state index contributed by atoms with van der Waals surface area (Å²) in [6.07, 6.45) is 1.06. The summed E-state index contributed by atoms with van der Waals surface area (Å²) in [7, 11) is 0. The summed E-state index contributed by atoms with van der Waals surface area (Å²) in [5, 5.41) is 3.90. The SMILES string of the molecule is CCCNCc1ccc(Cl)cc1Oc1cc(F)cc(Br)c1. The number of rotatable bonds is 6. The third-order valence-electron chi connectivity index (χ3n) is 2.84. The van der Waals surface area contributed by atoms with Crippen LogP contribution in [0.25, 0.3) is 0 Å². The van der Waals surface area contributed by atoms with Crippen molar-refractivity contribution in [2.24, 2.45) is 0 Å². The van der Waals surface area contributed by atoms with E-state index in [4.69, 9.17) is 16.3 Å². The van der Waals surface area contributed by atoms with Crippen molar-refractivity contribution in [1.82, 2.24) is 5.32 Å². The first-order chi connectivity index (χ1) is 10.1. The lowest BCUT2D eigenvalue weighted by atomic mass is 10.2. The highest BCUT2D eigenvalue weighted by molar-refractivity contribution is 9.10. The van der Waals surface area contributed by atoms with Gasteiger partial charge in [-0.15, -0.1) is 0 Å². The van der Waals surface area contributed by atoms with Crippen LogP contribution in [0, 0.1) is 5.82 Å². The first-order valence-corrected chi connectivity index (χ1v) is 7.88. The summed E-state index contributed by atoms with van der Waals surface area (Å²) in [5.41, 5.74) is 0.980. The molecule has 0 heterocycles. The Morgan fingerprint density at radius 3 is 2.76 bits per heavy atom. The minimum Gasteiger partial charge on any atom is -0.457 e. The van der Waals surface area contributed by atoms with Crippen molar-refractivity contribution < 1.29 is 9.13 Å². The van der Waals surface area contributed by atoms with E-state index >= 15 is 0 Å². The quantitative estimate of drug-likeness (QED) is 0.673. The van der Waals surface area contributed by atoms with Gasteiger partial charge in [0.15, 0.2) is 0 Å². The second kappa shape index (κ2) is 7.78. The molecule has 2 aromatic rings. The van der Waals surface area contributed by atoms with Gasteiger partial charge >= 0.3 is 0 Å². The molecular formula is C16H16BrClFNO. The van der Waals surface area contributed by atoms with Gasteiger partial charge in [0.25, 0.3) is 0 Å². The highest BCUT2D eigenvalue weighted by Gasteiger charge is 2.08. The molecule has 1 N–H and O–H groups in total. The normalized spacial score (nSPS) is 10.7. The molecule has 0 aliphatic carbocycles. The number of nitrogens with one attached hydrogen (secondary N) is 1. The Hall–Kier alpha value is -1.10. The van der Waals surface area contributed by atoms with E-state index in [0.29, 0.717) is 27.5 Å². The summed E-state index contributed by atoms with van der Waals surface area (Å²) in [5.74, 6) is 0.705. The van der Waals surface area contributed by atoms with Crippen LogP contribution in [0.4, 0.5) is 4.39 Å². The predicted molar refractivity (Wildman–Crippen MR) is 87.6 cm³/mol. The lowest BCUT2D eigenvalue weighted by molar-refractivity contribution is 0.467. The predicted octanol–water partition coefficient (Wildman–Crippen LogP) is 5.53. The van der Waals surface area contributed by atoms with Crippen molar-refractivity contribution in [3.05, 3.63) is 57.3 Å². The maximum absolute atomic E-state index is 13.4. The standard InChI is InChI=1S/C16H16BrClFNO/c1-2-5-20-10-11-3-4-13(18)8-16(11)21-15-7-12(17)6-14(19)9-15/h3-4,6-9,20H,2,5,10H2,1H3. The van der Waals surface area contributed by atoms with Crippen LogP contribution < -0.4 is 10.1 Å². The van der Waals surface area contributed by atoms with E-state index < -0.39 is 0 Å². The fourth-order valence-corrected chi connectivity index (χ4v) is 2.49. The van der Waals surface area contributed by atoms with E-state index in [1.807, 2.05) is 12.1 Å². The highest BCUT2D eigenvalue weighted by Crippen LogP contribution is 2.30. The van der Waals surface area contributed by atoms with Gasteiger partial charge in [-0.3, -0.25) is 0 Å². The molecule has 0 saturated heterocycles. The molecular weight excluding hydrogens is 357 g/mol. The number of hydrogen-bond acceptors (Lipinski definition) is 2. The minimum atomic E-state index is -0.355. The van der Waals surface area contributed by atoms with Crippen LogP contribution in [0.1, 0.15) is 18.9 Å². The van der Waals surface area contributed by atoms with E-state index in [2.05, 4.69) is 28.2 Å². The van der Waals surface area contributed by atoms with Gasteiger partial charge in [-0.05, 0) is 37.2 Å². The van der Waals surface area contributed by atoms with Crippen molar-refractivity contribution in [2.75, 3.05) is 6.54 Å². The first kappa shape index (κ1) is 16.3. The van der Waals surface area contributed by atoms with Gasteiger partial charge in [-0.25, -0.2) is 4.39 Å². The average Bonchev–Trinajstić information content (AvgIpc) is 2.40. The lowest BCUT2D eigenvalue weighted by Crippen LogP contribution is -2.14. The number of halogens is 3. The second-order valence-corrected chi connectivity index (χ2v) is 5.99. The van der Waals surface area contributed by atoms with E-state index in [0.717, 1.165) is 18.5 Å². The number of benzene rings is 2. The summed E-state index contributed by atoms with van der Waals surface area (Å²) < 4.78 is 19.8. The van der Waals surface area contributed by atoms with Crippen LogP contribution >= 0.6 is 27.5 Å². The second-order valence-electron chi connectivity index (χ2n) is 4.64. The van der Waals surface area contributed by atoms with Crippen LogP contribution in [-0.4, -0.2) is 6.54 Å². The van der Waals surface area contributed by atoms with Gasteiger partial charge in [0.05, 0.1) is 0 Å². The highest BCUT2D eigenvalue weighted by atomic mass is 79.9. The molecule has 0 amide bonds. The molecule has 2 rings (SSSR count). The zero-order valence-corrected chi connectivity index (χ0v) is 14.0. The van der Waals surface area contributed by atoms with Crippen LogP contribution in [0.5, 0.6) is 11.5 Å². The van der Waals surface area contributed by atoms with Gasteiger partial charge in [-0.2, -0.15) is 0 Å². The Balaban J connectivity index is 2.22. The minimum absolute atomic E-state index is 0.355. The summed E-state index contributed by atoms with van der Waals surface area (Å²) >= 11 is 9.28. The van der Waals surface area contributed by atoms with Crippen LogP contribution in [0.15, 0.2) is 40.9 Å². The Kier molecular flexibility index (Phi) is 6.03. The van der Waals surface area contributed by atoms with E-state index in [1.165, 1.54) is 12.1 Å². The average molecular weight is 373 g/mol. The van der Waals surface area contributed by atoms with Gasteiger partial charge in [0, 0.05) is 27.7 Å². The zero-order valence-electron chi connectivity index (χ0n) is 11.6. The third kappa shape index (κ3) is 4.99. The molecule has 21 heavy (non-hydrogen) atoms. The van der Waals surface area contributed by atoms with Crippen molar-refractivity contribution in [2.45, 2.75) is 19.9 Å². The van der Waals surface area contributed by atoms with Crippen LogP contribution in [0.3, 0.4) is 0 Å². The Morgan fingerprint density at radius 2 is 2.05 bits per heavy atom. The molecule has 0 bridgehead atoms. The van der Waals surface area contributed by atoms with Gasteiger partial charge < -0.3 is 10.1 Å². The molecule has 0 spiro atoms. The third-order valence-corrected chi connectivity index (χ3v) is 3.53. The van der Waals surface area contributed by atoms with E-state index in [-0.39, 0.29) is 5.82 Å². The van der Waals surface area contributed by atoms with E-state index in [1.54, 1.807) is 12.1 Å². The zero-order chi connectivity index (χ0) is 15.2. The molecule has 0 radical (unpaired) electrons. The molecule has 2 aromatic carbocycles. The Labute approximate surface area is 137 Å². The molecule has 0 fully saturated rings. The van der Waals surface area contributed by atoms with Gasteiger partial charge in [-0.1, -0.05) is 40.5 Å². The van der Waals surface area contributed by atoms with Gasteiger partial charge in [0.1, 0.15) is 17.3 Å². The topological polar surface area (TPSA) is 21.3 Å². The molecule has 0 aromatic heterocycles. The molecule has 112 valence electrons. The summed E-state index contributed by atoms with van der Waals surface area (Å²) in [6, 6.07) is 9.91. The van der Waals surface area contributed by atoms with Crippen molar-refractivity contribution in [3.8, 4) is 11.5 Å². The van der Waals surface area contributed by atoms with Crippen molar-refractivity contribution >= 4 is 27.5 Å². The maximum Gasteiger partial charge on any atom is 0.133 e. The van der Waals surface area contributed by atoms with Crippen LogP contribution in [0.2, 0.25) is 5.02 Å². The van der Waals surface area contributed by atoms with Crippen LogP contribution in [-0.2, 0) is 6.54 Å². The molecule has 0 aliphatic rings. The molecule has 0 unspecified atom stereocenters. The molecule has 0 atom stereocenters. The summed E-state index contributed by atoms with van der Waals surface area (Å²) in [6.45, 7) is 3.71. The number of hydrogen-bond donors (Lipinski definition) is 1. The largest absolute Gasteiger partial charge is 0.457 e. The molecule has 2 nitrogen and oxygen atoms in total. The Bertz CT molecular complexity index is 601. The molecule has 5 heteroatoms. The van der Waals surface area contributed by atoms with Crippen molar-refractivity contribution in [3.63, 3.8) is 0 Å².